The second-order valence-electron chi connectivity index (χ2n) is 6.54. The molecule has 0 aliphatic carbocycles. The lowest BCUT2D eigenvalue weighted by atomic mass is 10.1. The van der Waals surface area contributed by atoms with Gasteiger partial charge in [0.15, 0.2) is 0 Å². The molecule has 0 aliphatic heterocycles. The summed E-state index contributed by atoms with van der Waals surface area (Å²) in [6.07, 6.45) is 0.998. The maximum atomic E-state index is 12.3. The van der Waals surface area contributed by atoms with E-state index in [0.717, 1.165) is 16.9 Å². The minimum absolute atomic E-state index is 0.0517. The van der Waals surface area contributed by atoms with Gasteiger partial charge < -0.3 is 5.32 Å². The Hall–Kier alpha value is -3.00. The number of hydrogen-bond donors (Lipinski definition) is 1. The molecule has 1 aromatic carbocycles. The zero-order valence-electron chi connectivity index (χ0n) is 16.1. The van der Waals surface area contributed by atoms with Crippen molar-refractivity contribution in [1.29, 1.82) is 0 Å². The Morgan fingerprint density at radius 2 is 1.86 bits per heavy atom. The number of amides is 1. The van der Waals surface area contributed by atoms with Crippen LogP contribution in [0.2, 0.25) is 0 Å². The third kappa shape index (κ3) is 4.28. The van der Waals surface area contributed by atoms with Gasteiger partial charge in [-0.2, -0.15) is 5.10 Å². The van der Waals surface area contributed by atoms with E-state index in [1.807, 2.05) is 18.2 Å². The van der Waals surface area contributed by atoms with Crippen LogP contribution in [0.4, 0.5) is 5.69 Å². The van der Waals surface area contributed by atoms with Crippen molar-refractivity contribution >= 4 is 22.9 Å². The van der Waals surface area contributed by atoms with Crippen LogP contribution in [-0.4, -0.2) is 20.6 Å². The molecule has 0 fully saturated rings. The highest BCUT2D eigenvalue weighted by atomic mass is 32.1. The minimum atomic E-state index is -0.404. The van der Waals surface area contributed by atoms with Crippen molar-refractivity contribution in [2.24, 2.45) is 0 Å². The first-order valence-corrected chi connectivity index (χ1v) is 9.83. The first-order valence-electron chi connectivity index (χ1n) is 9.02. The van der Waals surface area contributed by atoms with Crippen LogP contribution < -0.4 is 5.32 Å². The molecular formula is C20H22N4O3S. The van der Waals surface area contributed by atoms with Crippen LogP contribution in [0.3, 0.4) is 0 Å². The number of rotatable bonds is 7. The first-order chi connectivity index (χ1) is 13.4. The first kappa shape index (κ1) is 19.8. The number of carbonyl (C=O) groups excluding carboxylic acids is 1. The molecule has 3 rings (SSSR count). The molecule has 0 saturated heterocycles. The molecular weight excluding hydrogens is 376 g/mol. The predicted octanol–water partition coefficient (Wildman–Crippen LogP) is 4.01. The second-order valence-corrected chi connectivity index (χ2v) is 7.79. The third-order valence-corrected chi connectivity index (χ3v) is 5.79. The summed E-state index contributed by atoms with van der Waals surface area (Å²) in [6, 6.07) is 11.3. The summed E-state index contributed by atoms with van der Waals surface area (Å²) in [6.45, 7) is 6.36. The summed E-state index contributed by atoms with van der Waals surface area (Å²) in [7, 11) is 0. The lowest BCUT2D eigenvalue weighted by Gasteiger charge is -2.07. The summed E-state index contributed by atoms with van der Waals surface area (Å²) in [4.78, 5) is 25.5. The largest absolute Gasteiger partial charge is 0.347 e. The van der Waals surface area contributed by atoms with E-state index in [1.165, 1.54) is 4.88 Å². The molecule has 1 N–H and O–H groups in total. The molecule has 3 aromatic rings. The van der Waals surface area contributed by atoms with E-state index in [2.05, 4.69) is 23.4 Å². The van der Waals surface area contributed by atoms with Crippen molar-refractivity contribution in [3.63, 3.8) is 0 Å². The van der Waals surface area contributed by atoms with E-state index >= 15 is 0 Å². The van der Waals surface area contributed by atoms with Gasteiger partial charge in [0.25, 0.3) is 5.91 Å². The molecule has 7 nitrogen and oxygen atoms in total. The van der Waals surface area contributed by atoms with Crippen molar-refractivity contribution in [3.05, 3.63) is 78.8 Å². The van der Waals surface area contributed by atoms with Crippen LogP contribution in [0, 0.1) is 24.0 Å². The summed E-state index contributed by atoms with van der Waals surface area (Å²) in [5, 5.41) is 18.3. The third-order valence-electron chi connectivity index (χ3n) is 4.56. The molecule has 0 aliphatic rings. The molecule has 146 valence electrons. The molecule has 0 radical (unpaired) electrons. The number of hydrogen-bond acceptors (Lipinski definition) is 5. The van der Waals surface area contributed by atoms with E-state index in [-0.39, 0.29) is 11.6 Å². The Labute approximate surface area is 167 Å². The Morgan fingerprint density at radius 3 is 2.43 bits per heavy atom. The highest BCUT2D eigenvalue weighted by Gasteiger charge is 2.21. The number of benzene rings is 1. The standard InChI is InChI=1S/C20H22N4O3S/c1-4-17-9-10-18(28-17)11-21-20(25)16-7-5-15(6-8-16)12-23-14(3)19(24(26)27)13(2)22-23/h5-10H,4,11-12H2,1-3H3,(H,21,25). The van der Waals surface area contributed by atoms with Gasteiger partial charge in [0.05, 0.1) is 18.0 Å². The van der Waals surface area contributed by atoms with Crippen LogP contribution in [-0.2, 0) is 19.5 Å². The number of aryl methyl sites for hydroxylation is 2. The Bertz CT molecular complexity index is 1010. The van der Waals surface area contributed by atoms with Gasteiger partial charge in [0, 0.05) is 15.3 Å². The van der Waals surface area contributed by atoms with E-state index < -0.39 is 4.92 Å². The average Bonchev–Trinajstić information content (AvgIpc) is 3.24. The molecule has 28 heavy (non-hydrogen) atoms. The average molecular weight is 398 g/mol. The molecule has 0 saturated carbocycles. The zero-order valence-corrected chi connectivity index (χ0v) is 16.9. The van der Waals surface area contributed by atoms with E-state index in [9.17, 15) is 14.9 Å². The number of thiophene rings is 1. The molecule has 0 spiro atoms. The maximum absolute atomic E-state index is 12.3. The van der Waals surface area contributed by atoms with Gasteiger partial charge >= 0.3 is 5.69 Å². The lowest BCUT2D eigenvalue weighted by molar-refractivity contribution is -0.386. The Kier molecular flexibility index (Phi) is 5.89. The van der Waals surface area contributed by atoms with Crippen molar-refractivity contribution < 1.29 is 9.72 Å². The monoisotopic (exact) mass is 398 g/mol. The van der Waals surface area contributed by atoms with Gasteiger partial charge in [-0.3, -0.25) is 19.6 Å². The lowest BCUT2D eigenvalue weighted by Crippen LogP contribution is -2.22. The van der Waals surface area contributed by atoms with Crippen LogP contribution >= 0.6 is 11.3 Å². The molecule has 2 heterocycles. The fourth-order valence-electron chi connectivity index (χ4n) is 3.02. The van der Waals surface area contributed by atoms with Crippen molar-refractivity contribution in [3.8, 4) is 0 Å². The minimum Gasteiger partial charge on any atom is -0.347 e. The number of carbonyl (C=O) groups is 1. The highest BCUT2D eigenvalue weighted by molar-refractivity contribution is 7.11. The summed E-state index contributed by atoms with van der Waals surface area (Å²) >= 11 is 1.71. The quantitative estimate of drug-likeness (QED) is 0.481. The Morgan fingerprint density at radius 1 is 1.18 bits per heavy atom. The Balaban J connectivity index is 1.64. The molecule has 1 amide bonds. The predicted molar refractivity (Wildman–Crippen MR) is 109 cm³/mol. The number of nitrogens with one attached hydrogen (secondary N) is 1. The fraction of sp³-hybridized carbons (Fsp3) is 0.300. The van der Waals surface area contributed by atoms with E-state index in [0.29, 0.717) is 30.0 Å². The zero-order chi connectivity index (χ0) is 20.3. The normalized spacial score (nSPS) is 10.8. The highest BCUT2D eigenvalue weighted by Crippen LogP contribution is 2.22. The SMILES string of the molecule is CCc1ccc(CNC(=O)c2ccc(Cn3nc(C)c([N+](=O)[O-])c3C)cc2)s1. The van der Waals surface area contributed by atoms with Gasteiger partial charge in [-0.05, 0) is 50.1 Å². The summed E-state index contributed by atoms with van der Waals surface area (Å²) in [5.41, 5.74) is 2.47. The van der Waals surface area contributed by atoms with E-state index in [4.69, 9.17) is 0 Å². The number of nitro groups is 1. The van der Waals surface area contributed by atoms with Gasteiger partial charge in [0.1, 0.15) is 11.4 Å². The number of nitrogens with zero attached hydrogens (tertiary/aromatic N) is 3. The van der Waals surface area contributed by atoms with Gasteiger partial charge in [-0.15, -0.1) is 11.3 Å². The molecule has 8 heteroatoms. The maximum Gasteiger partial charge on any atom is 0.312 e. The van der Waals surface area contributed by atoms with Crippen LogP contribution in [0.15, 0.2) is 36.4 Å². The van der Waals surface area contributed by atoms with Gasteiger partial charge in [0.2, 0.25) is 0 Å². The molecule has 0 unspecified atom stereocenters. The van der Waals surface area contributed by atoms with Crippen LogP contribution in [0.1, 0.15) is 44.0 Å². The van der Waals surface area contributed by atoms with Gasteiger partial charge in [-0.1, -0.05) is 19.1 Å². The van der Waals surface area contributed by atoms with Crippen molar-refractivity contribution in [2.75, 3.05) is 0 Å². The smallest absolute Gasteiger partial charge is 0.312 e. The number of aromatic nitrogens is 2. The van der Waals surface area contributed by atoms with Crippen LogP contribution in [0.25, 0.3) is 0 Å². The van der Waals surface area contributed by atoms with Crippen LogP contribution in [0.5, 0.6) is 0 Å². The fourth-order valence-corrected chi connectivity index (χ4v) is 3.91. The van der Waals surface area contributed by atoms with Gasteiger partial charge in [-0.25, -0.2) is 0 Å². The van der Waals surface area contributed by atoms with Crippen molar-refractivity contribution in [2.45, 2.75) is 40.3 Å². The van der Waals surface area contributed by atoms with E-state index in [1.54, 1.807) is 42.0 Å². The topological polar surface area (TPSA) is 90.1 Å². The molecule has 0 bridgehead atoms. The molecule has 0 atom stereocenters. The van der Waals surface area contributed by atoms with Crippen molar-refractivity contribution in [1.82, 2.24) is 15.1 Å². The second kappa shape index (κ2) is 8.35. The summed E-state index contributed by atoms with van der Waals surface area (Å²) in [5.74, 6) is -0.125. The molecule has 2 aromatic heterocycles. The summed E-state index contributed by atoms with van der Waals surface area (Å²) < 4.78 is 1.62.